The van der Waals surface area contributed by atoms with Crippen LogP contribution in [0.2, 0.25) is 0 Å². The van der Waals surface area contributed by atoms with Crippen LogP contribution >= 0.6 is 0 Å². The highest BCUT2D eigenvalue weighted by atomic mass is 32.2. The molecule has 0 atom stereocenters. The number of rotatable bonds is 6. The van der Waals surface area contributed by atoms with Crippen molar-refractivity contribution in [3.63, 3.8) is 0 Å². The Labute approximate surface area is 165 Å². The maximum absolute atomic E-state index is 13.2. The van der Waals surface area contributed by atoms with Gasteiger partial charge in [0.25, 0.3) is 10.0 Å². The van der Waals surface area contributed by atoms with E-state index in [0.29, 0.717) is 17.2 Å². The summed E-state index contributed by atoms with van der Waals surface area (Å²) in [6, 6.07) is 15.8. The molecule has 5 nitrogen and oxygen atoms in total. The second-order valence-electron chi connectivity index (χ2n) is 7.34. The maximum Gasteiger partial charge on any atom is 0.263 e. The van der Waals surface area contributed by atoms with Gasteiger partial charge in [0.15, 0.2) is 12.2 Å². The van der Waals surface area contributed by atoms with Gasteiger partial charge in [0.1, 0.15) is 6.26 Å². The average molecular weight is 397 g/mol. The zero-order valence-electron chi connectivity index (χ0n) is 15.7. The van der Waals surface area contributed by atoms with Crippen LogP contribution in [-0.4, -0.2) is 13.4 Å². The zero-order chi connectivity index (χ0) is 19.4. The molecule has 0 unspecified atom stereocenters. The van der Waals surface area contributed by atoms with Crippen LogP contribution in [0, 0.1) is 0 Å². The van der Waals surface area contributed by atoms with Gasteiger partial charge in [-0.2, -0.15) is 4.98 Å². The molecular weight excluding hydrogens is 372 g/mol. The van der Waals surface area contributed by atoms with Crippen LogP contribution in [0.25, 0.3) is 0 Å². The predicted molar refractivity (Wildman–Crippen MR) is 109 cm³/mol. The Balaban J connectivity index is 1.72. The van der Waals surface area contributed by atoms with Crippen molar-refractivity contribution in [1.29, 1.82) is 0 Å². The molecule has 2 aromatic carbocycles. The molecule has 1 fully saturated rings. The van der Waals surface area contributed by atoms with E-state index in [9.17, 15) is 8.42 Å². The van der Waals surface area contributed by atoms with E-state index in [1.807, 2.05) is 42.5 Å². The molecular formula is C22H24N2O3S. The predicted octanol–water partition coefficient (Wildman–Crippen LogP) is 5.11. The van der Waals surface area contributed by atoms with Gasteiger partial charge in [0.2, 0.25) is 0 Å². The van der Waals surface area contributed by atoms with E-state index in [1.165, 1.54) is 31.9 Å². The molecule has 4 rings (SSSR count). The van der Waals surface area contributed by atoms with Gasteiger partial charge in [-0.25, -0.2) is 8.42 Å². The van der Waals surface area contributed by atoms with Gasteiger partial charge in [0.05, 0.1) is 4.90 Å². The van der Waals surface area contributed by atoms with Crippen LogP contribution in [0.15, 0.2) is 70.5 Å². The van der Waals surface area contributed by atoms with E-state index >= 15 is 0 Å². The van der Waals surface area contributed by atoms with E-state index in [1.54, 1.807) is 0 Å². The Hall–Kier alpha value is -2.60. The Morgan fingerprint density at radius 2 is 1.82 bits per heavy atom. The van der Waals surface area contributed by atoms with Crippen LogP contribution < -0.4 is 4.72 Å². The minimum absolute atomic E-state index is 0.189. The number of sulfonamides is 1. The number of benzene rings is 2. The van der Waals surface area contributed by atoms with Crippen LogP contribution in [-0.2, 0) is 16.4 Å². The summed E-state index contributed by atoms with van der Waals surface area (Å²) in [5, 5.41) is 0. The summed E-state index contributed by atoms with van der Waals surface area (Å²) < 4.78 is 33.7. The number of oxazole rings is 1. The van der Waals surface area contributed by atoms with Crippen LogP contribution in [0.3, 0.4) is 0 Å². The highest BCUT2D eigenvalue weighted by Crippen LogP contribution is 2.35. The second kappa shape index (κ2) is 8.19. The first-order chi connectivity index (χ1) is 13.6. The number of hydrogen-bond acceptors (Lipinski definition) is 4. The molecule has 3 aromatic rings. The molecule has 1 N–H and O–H groups in total. The summed E-state index contributed by atoms with van der Waals surface area (Å²) in [5.74, 6) is 0.620. The summed E-state index contributed by atoms with van der Waals surface area (Å²) >= 11 is 0. The van der Waals surface area contributed by atoms with Gasteiger partial charge >= 0.3 is 0 Å². The van der Waals surface area contributed by atoms with E-state index in [2.05, 4.69) is 15.8 Å². The molecule has 0 bridgehead atoms. The summed E-state index contributed by atoms with van der Waals surface area (Å²) in [6.45, 7) is 0. The number of nitrogens with zero attached hydrogens (tertiary/aromatic N) is 1. The number of nitrogens with one attached hydrogen (secondary N) is 1. The monoisotopic (exact) mass is 396 g/mol. The normalized spacial score (nSPS) is 15.4. The van der Waals surface area contributed by atoms with Crippen LogP contribution in [0.4, 0.5) is 5.82 Å². The molecule has 1 saturated carbocycles. The summed E-state index contributed by atoms with van der Waals surface area (Å²) in [6.07, 6.45) is 8.97. The second-order valence-corrected chi connectivity index (χ2v) is 8.99. The van der Waals surface area contributed by atoms with Crippen molar-refractivity contribution >= 4 is 15.8 Å². The van der Waals surface area contributed by atoms with Crippen molar-refractivity contribution in [3.8, 4) is 0 Å². The summed E-state index contributed by atoms with van der Waals surface area (Å²) in [4.78, 5) is 4.22. The quantitative estimate of drug-likeness (QED) is 0.628. The van der Waals surface area contributed by atoms with E-state index in [0.717, 1.165) is 29.5 Å². The molecule has 1 aliphatic rings. The Morgan fingerprint density at radius 1 is 1.04 bits per heavy atom. The summed E-state index contributed by atoms with van der Waals surface area (Å²) in [5.41, 5.74) is 2.96. The van der Waals surface area contributed by atoms with Gasteiger partial charge in [-0.3, -0.25) is 4.72 Å². The zero-order valence-corrected chi connectivity index (χ0v) is 16.5. The fraction of sp³-hybridized carbons (Fsp3) is 0.318. The molecule has 0 spiro atoms. The Morgan fingerprint density at radius 3 is 2.54 bits per heavy atom. The largest absolute Gasteiger partial charge is 0.449 e. The van der Waals surface area contributed by atoms with Crippen molar-refractivity contribution in [2.75, 3.05) is 4.72 Å². The van der Waals surface area contributed by atoms with Crippen molar-refractivity contribution < 1.29 is 12.8 Å². The molecule has 0 amide bonds. The highest BCUT2D eigenvalue weighted by Gasteiger charge is 2.23. The third-order valence-corrected chi connectivity index (χ3v) is 6.80. The van der Waals surface area contributed by atoms with Crippen LogP contribution in [0.1, 0.15) is 54.7 Å². The van der Waals surface area contributed by atoms with Crippen LogP contribution in [0.5, 0.6) is 0 Å². The van der Waals surface area contributed by atoms with Gasteiger partial charge in [-0.1, -0.05) is 61.7 Å². The van der Waals surface area contributed by atoms with Gasteiger partial charge in [0, 0.05) is 0 Å². The first kappa shape index (κ1) is 18.7. The number of hydrogen-bond donors (Lipinski definition) is 1. The van der Waals surface area contributed by atoms with Crippen molar-refractivity contribution in [1.82, 2.24) is 4.98 Å². The van der Waals surface area contributed by atoms with E-state index in [-0.39, 0.29) is 5.82 Å². The third-order valence-electron chi connectivity index (χ3n) is 5.37. The standard InChI is InChI=1S/C22H24N2O3S/c25-28(26,24-22-15-27-16-23-22)21-14-19(18-9-5-2-6-10-18)11-12-20(21)13-17-7-3-1-4-8-17/h1,3-4,7-8,11-12,14-16,18,24H,2,5-6,9-10,13H2. The minimum atomic E-state index is -3.77. The van der Waals surface area contributed by atoms with Gasteiger partial charge < -0.3 is 4.42 Å². The summed E-state index contributed by atoms with van der Waals surface area (Å²) in [7, 11) is -3.77. The van der Waals surface area contributed by atoms with Crippen molar-refractivity contribution in [2.45, 2.75) is 49.3 Å². The number of anilines is 1. The molecule has 146 valence electrons. The lowest BCUT2D eigenvalue weighted by atomic mass is 9.84. The molecule has 1 aliphatic carbocycles. The molecule has 0 radical (unpaired) electrons. The minimum Gasteiger partial charge on any atom is -0.449 e. The third kappa shape index (κ3) is 4.28. The van der Waals surface area contributed by atoms with Gasteiger partial charge in [-0.15, -0.1) is 0 Å². The Bertz CT molecular complexity index is 1010. The smallest absolute Gasteiger partial charge is 0.263 e. The molecule has 1 aromatic heterocycles. The lowest BCUT2D eigenvalue weighted by molar-refractivity contribution is 0.443. The topological polar surface area (TPSA) is 72.2 Å². The Kier molecular flexibility index (Phi) is 5.48. The molecule has 0 saturated heterocycles. The van der Waals surface area contributed by atoms with E-state index in [4.69, 9.17) is 4.42 Å². The highest BCUT2D eigenvalue weighted by molar-refractivity contribution is 7.92. The average Bonchev–Trinajstić information content (AvgIpc) is 3.22. The first-order valence-electron chi connectivity index (χ1n) is 9.69. The fourth-order valence-corrected chi connectivity index (χ4v) is 5.19. The first-order valence-corrected chi connectivity index (χ1v) is 11.2. The molecule has 1 heterocycles. The van der Waals surface area contributed by atoms with E-state index < -0.39 is 10.0 Å². The molecule has 28 heavy (non-hydrogen) atoms. The molecule has 0 aliphatic heterocycles. The van der Waals surface area contributed by atoms with Gasteiger partial charge in [-0.05, 0) is 47.9 Å². The molecule has 6 heteroatoms. The van der Waals surface area contributed by atoms with Crippen molar-refractivity contribution in [2.24, 2.45) is 0 Å². The lowest BCUT2D eigenvalue weighted by Gasteiger charge is -2.23. The number of aromatic nitrogens is 1. The maximum atomic E-state index is 13.2. The van der Waals surface area contributed by atoms with Crippen molar-refractivity contribution in [3.05, 3.63) is 77.9 Å². The lowest BCUT2D eigenvalue weighted by Crippen LogP contribution is -2.16. The fourth-order valence-electron chi connectivity index (χ4n) is 3.93. The SMILES string of the molecule is O=S(=O)(Nc1cocn1)c1cc(C2CCCCC2)ccc1Cc1ccccc1.